The Kier molecular flexibility index (Phi) is 9.03. The topological polar surface area (TPSA) is 88.7 Å². The zero-order chi connectivity index (χ0) is 22.6. The first-order valence-electron chi connectivity index (χ1n) is 9.37. The van der Waals surface area contributed by atoms with Gasteiger partial charge in [-0.15, -0.1) is 6.58 Å². The summed E-state index contributed by atoms with van der Waals surface area (Å²) in [6.45, 7) is 2.89. The predicted octanol–water partition coefficient (Wildman–Crippen LogP) is 4.65. The molecule has 164 valence electrons. The lowest BCUT2D eigenvalue weighted by Gasteiger charge is -2.11. The van der Waals surface area contributed by atoms with E-state index in [4.69, 9.17) is 4.74 Å². The van der Waals surface area contributed by atoms with E-state index >= 15 is 0 Å². The lowest BCUT2D eigenvalue weighted by molar-refractivity contribution is -0.111. The molecular weight excluding hydrogens is 408 g/mol. The molecule has 31 heavy (non-hydrogen) atoms. The average molecular weight is 431 g/mol. The van der Waals surface area contributed by atoms with Crippen molar-refractivity contribution in [3.8, 4) is 11.5 Å². The van der Waals surface area contributed by atoms with Gasteiger partial charge in [-0.25, -0.2) is 4.79 Å². The summed E-state index contributed by atoms with van der Waals surface area (Å²) in [6, 6.07) is 10.6. The van der Waals surface area contributed by atoms with Crippen LogP contribution in [0.3, 0.4) is 0 Å². The van der Waals surface area contributed by atoms with Crippen LogP contribution in [0.4, 0.5) is 25.0 Å². The number of nitrogens with one attached hydrogen (secondary N) is 3. The maximum absolute atomic E-state index is 12.5. The summed E-state index contributed by atoms with van der Waals surface area (Å²) in [7, 11) is 0. The minimum absolute atomic E-state index is 0.0784. The van der Waals surface area contributed by atoms with E-state index in [1.165, 1.54) is 30.4 Å². The number of halogens is 2. The fraction of sp³-hybridized carbons (Fsp3) is 0.182. The zero-order valence-electron chi connectivity index (χ0n) is 16.9. The van der Waals surface area contributed by atoms with Crippen molar-refractivity contribution in [1.29, 1.82) is 0 Å². The van der Waals surface area contributed by atoms with Gasteiger partial charge in [-0.2, -0.15) is 8.78 Å². The number of carbonyl (C=O) groups excluding carboxylic acids is 2. The second-order valence-electron chi connectivity index (χ2n) is 6.04. The number of urea groups is 1. The third-order valence-corrected chi connectivity index (χ3v) is 3.73. The summed E-state index contributed by atoms with van der Waals surface area (Å²) in [6.07, 6.45) is 4.38. The van der Waals surface area contributed by atoms with Gasteiger partial charge in [0.25, 0.3) is 0 Å². The fourth-order valence-electron chi connectivity index (χ4n) is 2.42. The third-order valence-electron chi connectivity index (χ3n) is 3.73. The Morgan fingerprint density at radius 2 is 1.74 bits per heavy atom. The van der Waals surface area contributed by atoms with Crippen molar-refractivity contribution in [3.05, 3.63) is 66.8 Å². The van der Waals surface area contributed by atoms with E-state index < -0.39 is 12.5 Å². The number of ether oxygens (including phenoxy) is 2. The van der Waals surface area contributed by atoms with Crippen LogP contribution in [0.15, 0.2) is 61.2 Å². The molecule has 2 aromatic carbocycles. The average Bonchev–Trinajstić information content (AvgIpc) is 2.73. The van der Waals surface area contributed by atoms with Gasteiger partial charge in [0.1, 0.15) is 0 Å². The third kappa shape index (κ3) is 8.17. The highest BCUT2D eigenvalue weighted by molar-refractivity contribution is 6.02. The molecule has 0 aliphatic carbocycles. The highest BCUT2D eigenvalue weighted by atomic mass is 19.3. The van der Waals surface area contributed by atoms with E-state index in [0.717, 1.165) is 0 Å². The van der Waals surface area contributed by atoms with Crippen molar-refractivity contribution in [1.82, 2.24) is 5.32 Å². The standard InChI is InChI=1S/C22H23F2N3O4/c1-3-13-25-22(29)27-17-9-7-16(8-10-17)26-20(28)12-6-15-5-11-18(31-21(23)24)19(14-15)30-4-2/h3,5-12,14,21H,1,4,13H2,2H3,(H,26,28)(H2,25,27,29)/b12-6+. The van der Waals surface area contributed by atoms with Crippen LogP contribution in [-0.4, -0.2) is 31.7 Å². The van der Waals surface area contributed by atoms with E-state index in [9.17, 15) is 18.4 Å². The van der Waals surface area contributed by atoms with Crippen molar-refractivity contribution in [2.24, 2.45) is 0 Å². The molecule has 0 fully saturated rings. The van der Waals surface area contributed by atoms with Gasteiger partial charge in [-0.1, -0.05) is 12.1 Å². The highest BCUT2D eigenvalue weighted by Crippen LogP contribution is 2.30. The molecule has 0 saturated carbocycles. The molecular formula is C22H23F2N3O4. The normalized spacial score (nSPS) is 10.6. The monoisotopic (exact) mass is 431 g/mol. The second kappa shape index (κ2) is 12.0. The van der Waals surface area contributed by atoms with Crippen LogP contribution < -0.4 is 25.4 Å². The quantitative estimate of drug-likeness (QED) is 0.378. The summed E-state index contributed by atoms with van der Waals surface area (Å²) in [5, 5.41) is 7.91. The molecule has 0 bridgehead atoms. The number of anilines is 2. The van der Waals surface area contributed by atoms with E-state index in [1.807, 2.05) is 0 Å². The summed E-state index contributed by atoms with van der Waals surface area (Å²) in [4.78, 5) is 23.7. The van der Waals surface area contributed by atoms with Crippen LogP contribution in [0.2, 0.25) is 0 Å². The Morgan fingerprint density at radius 1 is 1.06 bits per heavy atom. The van der Waals surface area contributed by atoms with E-state index in [2.05, 4.69) is 27.3 Å². The van der Waals surface area contributed by atoms with Crippen molar-refractivity contribution in [2.75, 3.05) is 23.8 Å². The number of alkyl halides is 2. The van der Waals surface area contributed by atoms with Crippen molar-refractivity contribution in [3.63, 3.8) is 0 Å². The van der Waals surface area contributed by atoms with Gasteiger partial charge in [0.2, 0.25) is 5.91 Å². The maximum atomic E-state index is 12.5. The smallest absolute Gasteiger partial charge is 0.387 e. The first-order chi connectivity index (χ1) is 14.9. The molecule has 0 heterocycles. The summed E-state index contributed by atoms with van der Waals surface area (Å²) < 4.78 is 34.7. The minimum Gasteiger partial charge on any atom is -0.490 e. The first-order valence-corrected chi connectivity index (χ1v) is 9.37. The van der Waals surface area contributed by atoms with Crippen molar-refractivity contribution < 1.29 is 27.8 Å². The maximum Gasteiger partial charge on any atom is 0.387 e. The number of hydrogen-bond acceptors (Lipinski definition) is 4. The Balaban J connectivity index is 1.96. The Labute approximate surface area is 178 Å². The second-order valence-corrected chi connectivity index (χ2v) is 6.04. The van der Waals surface area contributed by atoms with Crippen molar-refractivity contribution >= 4 is 29.4 Å². The highest BCUT2D eigenvalue weighted by Gasteiger charge is 2.11. The molecule has 0 saturated heterocycles. The fourth-order valence-corrected chi connectivity index (χ4v) is 2.42. The summed E-state index contributed by atoms with van der Waals surface area (Å²) in [5.41, 5.74) is 1.66. The molecule has 0 spiro atoms. The van der Waals surface area contributed by atoms with E-state index in [1.54, 1.807) is 37.3 Å². The van der Waals surface area contributed by atoms with Crippen molar-refractivity contribution in [2.45, 2.75) is 13.5 Å². The number of amides is 3. The van der Waals surface area contributed by atoms with Crippen LogP contribution >= 0.6 is 0 Å². The molecule has 0 unspecified atom stereocenters. The van der Waals surface area contributed by atoms with E-state index in [-0.39, 0.29) is 24.1 Å². The van der Waals surface area contributed by atoms with Gasteiger partial charge in [0.15, 0.2) is 11.5 Å². The van der Waals surface area contributed by atoms with Gasteiger partial charge in [0, 0.05) is 24.0 Å². The first kappa shape index (κ1) is 23.4. The molecule has 0 aliphatic heterocycles. The Bertz CT molecular complexity index is 931. The number of carbonyl (C=O) groups is 2. The number of benzene rings is 2. The molecule has 0 atom stereocenters. The lowest BCUT2D eigenvalue weighted by Crippen LogP contribution is -2.28. The van der Waals surface area contributed by atoms with Gasteiger partial charge >= 0.3 is 12.6 Å². The minimum atomic E-state index is -2.96. The Morgan fingerprint density at radius 3 is 2.35 bits per heavy atom. The van der Waals surface area contributed by atoms with Gasteiger partial charge in [-0.05, 0) is 55.0 Å². The van der Waals surface area contributed by atoms with Crippen LogP contribution in [0.25, 0.3) is 6.08 Å². The van der Waals surface area contributed by atoms with E-state index in [0.29, 0.717) is 23.5 Å². The molecule has 0 aliphatic rings. The number of rotatable bonds is 10. The zero-order valence-corrected chi connectivity index (χ0v) is 16.9. The molecule has 7 nitrogen and oxygen atoms in total. The molecule has 9 heteroatoms. The molecule has 2 aromatic rings. The van der Waals surface area contributed by atoms with Gasteiger partial charge < -0.3 is 25.4 Å². The molecule has 2 rings (SSSR count). The van der Waals surface area contributed by atoms with Crippen LogP contribution in [0, 0.1) is 0 Å². The van der Waals surface area contributed by atoms with Crippen LogP contribution in [0.1, 0.15) is 12.5 Å². The molecule has 3 N–H and O–H groups in total. The predicted molar refractivity (Wildman–Crippen MR) is 116 cm³/mol. The van der Waals surface area contributed by atoms with Crippen LogP contribution in [-0.2, 0) is 4.79 Å². The molecule has 3 amide bonds. The van der Waals surface area contributed by atoms with Gasteiger partial charge in [0.05, 0.1) is 6.61 Å². The van der Waals surface area contributed by atoms with Crippen LogP contribution in [0.5, 0.6) is 11.5 Å². The summed E-state index contributed by atoms with van der Waals surface area (Å²) >= 11 is 0. The summed E-state index contributed by atoms with van der Waals surface area (Å²) in [5.74, 6) is -0.314. The van der Waals surface area contributed by atoms with Gasteiger partial charge in [-0.3, -0.25) is 4.79 Å². The lowest BCUT2D eigenvalue weighted by atomic mass is 10.2. The Hall–Kier alpha value is -3.88. The number of hydrogen-bond donors (Lipinski definition) is 3. The SMILES string of the molecule is C=CCNC(=O)Nc1ccc(NC(=O)/C=C/c2ccc(OC(F)F)c(OCC)c2)cc1. The molecule has 0 radical (unpaired) electrons. The largest absolute Gasteiger partial charge is 0.490 e. The molecule has 0 aromatic heterocycles.